The maximum absolute atomic E-state index is 13.2. The molecule has 0 bridgehead atoms. The molecule has 1 spiro atoms. The minimum atomic E-state index is -4.39. The van der Waals surface area contributed by atoms with Gasteiger partial charge in [0.15, 0.2) is 5.78 Å². The summed E-state index contributed by atoms with van der Waals surface area (Å²) in [6.07, 6.45) is -5.06. The molecule has 1 aromatic rings. The summed E-state index contributed by atoms with van der Waals surface area (Å²) in [4.78, 5) is 26.6. The van der Waals surface area contributed by atoms with E-state index in [1.807, 2.05) is 0 Å². The number of nitrogens with zero attached hydrogens (tertiary/aromatic N) is 1. The summed E-state index contributed by atoms with van der Waals surface area (Å²) in [6.45, 7) is 0.961. The number of alkyl halides is 3. The fraction of sp³-hybridized carbons (Fsp3) is 0.556. The van der Waals surface area contributed by atoms with E-state index in [0.717, 1.165) is 5.56 Å². The molecule has 1 fully saturated rings. The first-order chi connectivity index (χ1) is 12.3. The summed E-state index contributed by atoms with van der Waals surface area (Å²) in [7, 11) is 1.52. The molecule has 5 nitrogen and oxygen atoms in total. The number of benzene rings is 1. The molecule has 26 heavy (non-hydrogen) atoms. The number of nitrogens with one attached hydrogen (secondary N) is 1. The zero-order chi connectivity index (χ0) is 18.9. The number of piperidine rings is 1. The van der Waals surface area contributed by atoms with Crippen LogP contribution in [0.5, 0.6) is 5.75 Å². The van der Waals surface area contributed by atoms with Crippen LogP contribution in [0.2, 0.25) is 0 Å². The van der Waals surface area contributed by atoms with Gasteiger partial charge in [-0.05, 0) is 38.1 Å². The lowest BCUT2D eigenvalue weighted by molar-refractivity contribution is -0.142. The molecule has 0 unspecified atom stereocenters. The number of fused-ring (bicyclic) bond motifs is 2. The Hall–Kier alpha value is -2.09. The molecule has 2 heterocycles. The average molecular weight is 370 g/mol. The van der Waals surface area contributed by atoms with Gasteiger partial charge < -0.3 is 15.0 Å². The average Bonchev–Trinajstić information content (AvgIpc) is 2.83. The lowest BCUT2D eigenvalue weighted by atomic mass is 9.73. The number of anilines is 1. The number of carbonyl (C=O) groups is 2. The van der Waals surface area contributed by atoms with Gasteiger partial charge in [0.25, 0.3) is 0 Å². The normalized spacial score (nSPS) is 18.9. The van der Waals surface area contributed by atoms with Gasteiger partial charge in [0.2, 0.25) is 5.91 Å². The van der Waals surface area contributed by atoms with Gasteiger partial charge in [0, 0.05) is 12.0 Å². The Bertz CT molecular complexity index is 712. The quantitative estimate of drug-likeness (QED) is 0.866. The van der Waals surface area contributed by atoms with E-state index in [4.69, 9.17) is 4.74 Å². The van der Waals surface area contributed by atoms with Crippen LogP contribution in [0.25, 0.3) is 0 Å². The van der Waals surface area contributed by atoms with Crippen molar-refractivity contribution < 1.29 is 27.5 Å². The highest BCUT2D eigenvalue weighted by atomic mass is 19.4. The first-order valence-corrected chi connectivity index (χ1v) is 8.57. The summed E-state index contributed by atoms with van der Waals surface area (Å²) >= 11 is 0. The molecule has 8 heteroatoms. The fourth-order valence-corrected chi connectivity index (χ4v) is 3.88. The van der Waals surface area contributed by atoms with Gasteiger partial charge in [0.1, 0.15) is 5.75 Å². The van der Waals surface area contributed by atoms with Crippen LogP contribution in [0.4, 0.5) is 18.9 Å². The van der Waals surface area contributed by atoms with Crippen molar-refractivity contribution in [2.45, 2.75) is 37.3 Å². The van der Waals surface area contributed by atoms with E-state index in [-0.39, 0.29) is 12.5 Å². The third-order valence-corrected chi connectivity index (χ3v) is 5.13. The molecule has 3 rings (SSSR count). The topological polar surface area (TPSA) is 58.6 Å². The summed E-state index contributed by atoms with van der Waals surface area (Å²) in [6, 6.07) is 5.21. The van der Waals surface area contributed by atoms with E-state index in [1.165, 1.54) is 12.0 Å². The molecule has 0 atom stereocenters. The monoisotopic (exact) mass is 370 g/mol. The summed E-state index contributed by atoms with van der Waals surface area (Å²) in [5, 5.41) is 3.21. The van der Waals surface area contributed by atoms with Crippen molar-refractivity contribution in [3.8, 4) is 5.75 Å². The Kier molecular flexibility index (Phi) is 4.96. The standard InChI is InChI=1S/C18H21F3N2O3/c1-26-14-4-2-3-13-15(14)17(7-9-22-10-8-17)16(25)23(13)11-12(24)5-6-18(19,20)21/h2-4,22H,5-11H2,1H3. The van der Waals surface area contributed by atoms with Gasteiger partial charge in [-0.15, -0.1) is 0 Å². The van der Waals surface area contributed by atoms with E-state index >= 15 is 0 Å². The van der Waals surface area contributed by atoms with Gasteiger partial charge >= 0.3 is 6.18 Å². The van der Waals surface area contributed by atoms with E-state index < -0.39 is 30.2 Å². The first kappa shape index (κ1) is 18.7. The van der Waals surface area contributed by atoms with Crippen LogP contribution in [-0.2, 0) is 15.0 Å². The van der Waals surface area contributed by atoms with Gasteiger partial charge in [-0.3, -0.25) is 9.59 Å². The van der Waals surface area contributed by atoms with Crippen LogP contribution in [-0.4, -0.2) is 44.6 Å². The Balaban J connectivity index is 1.91. The lowest BCUT2D eigenvalue weighted by Gasteiger charge is -2.33. The number of hydrogen-bond acceptors (Lipinski definition) is 4. The van der Waals surface area contributed by atoms with Gasteiger partial charge in [-0.25, -0.2) is 0 Å². The van der Waals surface area contributed by atoms with Crippen molar-refractivity contribution in [2.24, 2.45) is 0 Å². The zero-order valence-electron chi connectivity index (χ0n) is 14.5. The molecule has 0 aliphatic carbocycles. The second-order valence-electron chi connectivity index (χ2n) is 6.73. The smallest absolute Gasteiger partial charge is 0.389 e. The van der Waals surface area contributed by atoms with Gasteiger partial charge in [-0.1, -0.05) is 6.07 Å². The van der Waals surface area contributed by atoms with E-state index in [1.54, 1.807) is 18.2 Å². The number of halogens is 3. The summed E-state index contributed by atoms with van der Waals surface area (Å²) < 4.78 is 42.6. The minimum Gasteiger partial charge on any atom is -0.496 e. The Labute approximate surface area is 149 Å². The number of ketones is 1. The van der Waals surface area contributed by atoms with E-state index in [0.29, 0.717) is 37.4 Å². The maximum Gasteiger partial charge on any atom is 0.389 e. The van der Waals surface area contributed by atoms with Crippen molar-refractivity contribution >= 4 is 17.4 Å². The Morgan fingerprint density at radius 2 is 2.00 bits per heavy atom. The van der Waals surface area contributed by atoms with E-state index in [2.05, 4.69) is 5.32 Å². The molecule has 1 amide bonds. The molecule has 1 saturated heterocycles. The summed E-state index contributed by atoms with van der Waals surface area (Å²) in [5.74, 6) is -0.253. The number of methoxy groups -OCH3 is 1. The number of hydrogen-bond donors (Lipinski definition) is 1. The van der Waals surface area contributed by atoms with Crippen molar-refractivity contribution in [1.29, 1.82) is 0 Å². The highest BCUT2D eigenvalue weighted by molar-refractivity contribution is 6.11. The molecular formula is C18H21F3N2O3. The fourth-order valence-electron chi connectivity index (χ4n) is 3.88. The second-order valence-corrected chi connectivity index (χ2v) is 6.73. The SMILES string of the molecule is COc1cccc2c1C1(CCNCC1)C(=O)N2CC(=O)CCC(F)(F)F. The molecule has 2 aliphatic rings. The van der Waals surface area contributed by atoms with Crippen LogP contribution in [0.15, 0.2) is 18.2 Å². The zero-order valence-corrected chi connectivity index (χ0v) is 14.5. The molecule has 0 radical (unpaired) electrons. The van der Waals surface area contributed by atoms with Gasteiger partial charge in [-0.2, -0.15) is 13.2 Å². The lowest BCUT2D eigenvalue weighted by Crippen LogP contribution is -2.48. The first-order valence-electron chi connectivity index (χ1n) is 8.57. The third-order valence-electron chi connectivity index (χ3n) is 5.13. The van der Waals surface area contributed by atoms with E-state index in [9.17, 15) is 22.8 Å². The Morgan fingerprint density at radius 1 is 1.31 bits per heavy atom. The van der Waals surface area contributed by atoms with Crippen LogP contribution in [0.1, 0.15) is 31.2 Å². The summed E-state index contributed by atoms with van der Waals surface area (Å²) in [5.41, 5.74) is 0.534. The molecule has 142 valence electrons. The second kappa shape index (κ2) is 6.90. The van der Waals surface area contributed by atoms with Crippen LogP contribution >= 0.6 is 0 Å². The molecule has 1 aromatic carbocycles. The molecule has 0 saturated carbocycles. The predicted octanol–water partition coefficient (Wildman–Crippen LogP) is 2.57. The number of amides is 1. The minimum absolute atomic E-state index is 0.223. The number of Topliss-reactive ketones (excluding diaryl/α,β-unsaturated/α-hetero) is 1. The highest BCUT2D eigenvalue weighted by Crippen LogP contribution is 2.51. The van der Waals surface area contributed by atoms with Crippen molar-refractivity contribution in [1.82, 2.24) is 5.32 Å². The maximum atomic E-state index is 13.2. The largest absolute Gasteiger partial charge is 0.496 e. The number of carbonyl (C=O) groups excluding carboxylic acids is 2. The molecular weight excluding hydrogens is 349 g/mol. The Morgan fingerprint density at radius 3 is 2.62 bits per heavy atom. The van der Waals surface area contributed by atoms with Crippen molar-refractivity contribution in [3.63, 3.8) is 0 Å². The third kappa shape index (κ3) is 3.30. The van der Waals surface area contributed by atoms with Crippen molar-refractivity contribution in [3.05, 3.63) is 23.8 Å². The van der Waals surface area contributed by atoms with Crippen LogP contribution in [0.3, 0.4) is 0 Å². The molecule has 1 N–H and O–H groups in total. The van der Waals surface area contributed by atoms with Crippen LogP contribution in [0, 0.1) is 0 Å². The number of rotatable bonds is 5. The van der Waals surface area contributed by atoms with Crippen LogP contribution < -0.4 is 15.0 Å². The number of ether oxygens (including phenoxy) is 1. The van der Waals surface area contributed by atoms with Gasteiger partial charge in [0.05, 0.1) is 31.2 Å². The highest BCUT2D eigenvalue weighted by Gasteiger charge is 2.53. The predicted molar refractivity (Wildman–Crippen MR) is 89.4 cm³/mol. The molecule has 2 aliphatic heterocycles. The molecule has 0 aromatic heterocycles. The van der Waals surface area contributed by atoms with Crippen molar-refractivity contribution in [2.75, 3.05) is 31.6 Å².